The fraction of sp³-hybridized carbons (Fsp3) is 0.786. The SMILES string of the molecule is C=CCNC(CC1CCCCC1)C(=O)OCC. The van der Waals surface area contributed by atoms with Gasteiger partial charge in [0, 0.05) is 6.54 Å². The second-order valence-corrected chi connectivity index (χ2v) is 4.74. The lowest BCUT2D eigenvalue weighted by molar-refractivity contribution is -0.146. The minimum atomic E-state index is -0.156. The van der Waals surface area contributed by atoms with Crippen molar-refractivity contribution in [2.24, 2.45) is 5.92 Å². The molecule has 0 aromatic heterocycles. The molecule has 1 atom stereocenters. The summed E-state index contributed by atoms with van der Waals surface area (Å²) in [5.74, 6) is 0.565. The quantitative estimate of drug-likeness (QED) is 0.548. The molecular weight excluding hydrogens is 214 g/mol. The van der Waals surface area contributed by atoms with Gasteiger partial charge in [-0.25, -0.2) is 0 Å². The van der Waals surface area contributed by atoms with Crippen molar-refractivity contribution in [1.29, 1.82) is 0 Å². The van der Waals surface area contributed by atoms with Crippen molar-refractivity contribution in [1.82, 2.24) is 5.32 Å². The van der Waals surface area contributed by atoms with Gasteiger partial charge in [0.25, 0.3) is 0 Å². The Bertz CT molecular complexity index is 234. The van der Waals surface area contributed by atoms with Crippen LogP contribution in [-0.2, 0) is 9.53 Å². The van der Waals surface area contributed by atoms with Gasteiger partial charge in [-0.15, -0.1) is 6.58 Å². The maximum absolute atomic E-state index is 11.8. The van der Waals surface area contributed by atoms with E-state index in [0.29, 0.717) is 19.1 Å². The molecule has 0 radical (unpaired) electrons. The standard InChI is InChI=1S/C14H25NO2/c1-3-10-15-13(14(16)17-4-2)11-12-8-6-5-7-9-12/h3,12-13,15H,1,4-11H2,2H3. The van der Waals surface area contributed by atoms with E-state index in [9.17, 15) is 4.79 Å². The smallest absolute Gasteiger partial charge is 0.323 e. The highest BCUT2D eigenvalue weighted by atomic mass is 16.5. The van der Waals surface area contributed by atoms with E-state index in [2.05, 4.69) is 11.9 Å². The van der Waals surface area contributed by atoms with Crippen molar-refractivity contribution in [3.05, 3.63) is 12.7 Å². The van der Waals surface area contributed by atoms with E-state index in [1.54, 1.807) is 6.08 Å². The fourth-order valence-corrected chi connectivity index (χ4v) is 2.49. The van der Waals surface area contributed by atoms with Gasteiger partial charge in [0.05, 0.1) is 6.61 Å². The second-order valence-electron chi connectivity index (χ2n) is 4.74. The molecule has 0 aromatic carbocycles. The Morgan fingerprint density at radius 1 is 1.47 bits per heavy atom. The number of hydrogen-bond donors (Lipinski definition) is 1. The van der Waals surface area contributed by atoms with E-state index >= 15 is 0 Å². The Morgan fingerprint density at radius 2 is 2.18 bits per heavy atom. The molecule has 0 amide bonds. The van der Waals surface area contributed by atoms with E-state index in [4.69, 9.17) is 4.74 Å². The lowest BCUT2D eigenvalue weighted by Gasteiger charge is -2.25. The van der Waals surface area contributed by atoms with Gasteiger partial charge in [-0.2, -0.15) is 0 Å². The maximum atomic E-state index is 11.8. The van der Waals surface area contributed by atoms with Gasteiger partial charge < -0.3 is 10.1 Å². The molecule has 1 saturated carbocycles. The molecular formula is C14H25NO2. The van der Waals surface area contributed by atoms with Gasteiger partial charge in [-0.3, -0.25) is 4.79 Å². The highest BCUT2D eigenvalue weighted by molar-refractivity contribution is 5.75. The third kappa shape index (κ3) is 5.35. The summed E-state index contributed by atoms with van der Waals surface area (Å²) in [7, 11) is 0. The Kier molecular flexibility index (Phi) is 6.94. The zero-order valence-electron chi connectivity index (χ0n) is 10.9. The van der Waals surface area contributed by atoms with Gasteiger partial charge in [0.2, 0.25) is 0 Å². The molecule has 0 aliphatic heterocycles. The van der Waals surface area contributed by atoms with E-state index in [1.165, 1.54) is 32.1 Å². The molecule has 0 heterocycles. The molecule has 3 heteroatoms. The lowest BCUT2D eigenvalue weighted by Crippen LogP contribution is -2.40. The largest absolute Gasteiger partial charge is 0.465 e. The Labute approximate surface area is 105 Å². The Hall–Kier alpha value is -0.830. The molecule has 17 heavy (non-hydrogen) atoms. The van der Waals surface area contributed by atoms with Crippen LogP contribution in [0.5, 0.6) is 0 Å². The number of ether oxygens (including phenoxy) is 1. The minimum absolute atomic E-state index is 0.111. The summed E-state index contributed by atoms with van der Waals surface area (Å²) in [6.07, 6.45) is 9.17. The molecule has 1 rings (SSSR count). The van der Waals surface area contributed by atoms with Crippen LogP contribution in [0.25, 0.3) is 0 Å². The molecule has 0 bridgehead atoms. The molecule has 1 aliphatic carbocycles. The van der Waals surface area contributed by atoms with Gasteiger partial charge in [-0.05, 0) is 19.3 Å². The van der Waals surface area contributed by atoms with Crippen LogP contribution >= 0.6 is 0 Å². The summed E-state index contributed by atoms with van der Waals surface area (Å²) in [5.41, 5.74) is 0. The number of carbonyl (C=O) groups excluding carboxylic acids is 1. The molecule has 3 nitrogen and oxygen atoms in total. The van der Waals surface area contributed by atoms with Crippen LogP contribution in [0.3, 0.4) is 0 Å². The number of hydrogen-bond acceptors (Lipinski definition) is 3. The van der Waals surface area contributed by atoms with Crippen LogP contribution in [0.2, 0.25) is 0 Å². The van der Waals surface area contributed by atoms with Crippen molar-refractivity contribution < 1.29 is 9.53 Å². The van der Waals surface area contributed by atoms with E-state index < -0.39 is 0 Å². The van der Waals surface area contributed by atoms with Crippen LogP contribution in [0.1, 0.15) is 45.4 Å². The molecule has 1 unspecified atom stereocenters. The summed E-state index contributed by atoms with van der Waals surface area (Å²) in [6.45, 7) is 6.64. The average molecular weight is 239 g/mol. The number of nitrogens with one attached hydrogen (secondary N) is 1. The predicted molar refractivity (Wildman–Crippen MR) is 69.8 cm³/mol. The third-order valence-corrected chi connectivity index (χ3v) is 3.37. The first-order valence-electron chi connectivity index (χ1n) is 6.78. The average Bonchev–Trinajstić information content (AvgIpc) is 2.36. The van der Waals surface area contributed by atoms with Gasteiger partial charge in [0.1, 0.15) is 6.04 Å². The van der Waals surface area contributed by atoms with Crippen molar-refractivity contribution in [3.8, 4) is 0 Å². The highest BCUT2D eigenvalue weighted by Gasteiger charge is 2.24. The predicted octanol–water partition coefficient (Wildman–Crippen LogP) is 2.66. The zero-order valence-corrected chi connectivity index (χ0v) is 10.9. The van der Waals surface area contributed by atoms with Crippen molar-refractivity contribution in [3.63, 3.8) is 0 Å². The summed E-state index contributed by atoms with van der Waals surface area (Å²) < 4.78 is 5.11. The first-order chi connectivity index (χ1) is 8.27. The normalized spacial score (nSPS) is 18.6. The topological polar surface area (TPSA) is 38.3 Å². The molecule has 0 saturated heterocycles. The molecule has 1 N–H and O–H groups in total. The lowest BCUT2D eigenvalue weighted by atomic mass is 9.85. The molecule has 1 aliphatic rings. The summed E-state index contributed by atoms with van der Waals surface area (Å²) in [4.78, 5) is 11.8. The van der Waals surface area contributed by atoms with Crippen LogP contribution in [0, 0.1) is 5.92 Å². The first kappa shape index (κ1) is 14.2. The van der Waals surface area contributed by atoms with E-state index in [-0.39, 0.29) is 12.0 Å². The zero-order chi connectivity index (χ0) is 12.5. The van der Waals surface area contributed by atoms with Gasteiger partial charge >= 0.3 is 5.97 Å². The van der Waals surface area contributed by atoms with Gasteiger partial charge in [0.15, 0.2) is 0 Å². The summed E-state index contributed by atoms with van der Waals surface area (Å²) >= 11 is 0. The second kappa shape index (κ2) is 8.29. The van der Waals surface area contributed by atoms with E-state index in [1.807, 2.05) is 6.92 Å². The maximum Gasteiger partial charge on any atom is 0.323 e. The van der Waals surface area contributed by atoms with Crippen molar-refractivity contribution >= 4 is 5.97 Å². The Balaban J connectivity index is 2.42. The van der Waals surface area contributed by atoms with Crippen LogP contribution < -0.4 is 5.32 Å². The fourth-order valence-electron chi connectivity index (χ4n) is 2.49. The minimum Gasteiger partial charge on any atom is -0.465 e. The van der Waals surface area contributed by atoms with E-state index in [0.717, 1.165) is 6.42 Å². The molecule has 98 valence electrons. The molecule has 0 spiro atoms. The molecule has 1 fully saturated rings. The van der Waals surface area contributed by atoms with Gasteiger partial charge in [-0.1, -0.05) is 38.2 Å². The number of esters is 1. The Morgan fingerprint density at radius 3 is 2.76 bits per heavy atom. The third-order valence-electron chi connectivity index (χ3n) is 3.37. The highest BCUT2D eigenvalue weighted by Crippen LogP contribution is 2.27. The summed E-state index contributed by atoms with van der Waals surface area (Å²) in [6, 6.07) is -0.156. The van der Waals surface area contributed by atoms with Crippen LogP contribution in [-0.4, -0.2) is 25.2 Å². The van der Waals surface area contributed by atoms with Crippen molar-refractivity contribution in [2.45, 2.75) is 51.5 Å². The first-order valence-corrected chi connectivity index (χ1v) is 6.78. The molecule has 0 aromatic rings. The monoisotopic (exact) mass is 239 g/mol. The van der Waals surface area contributed by atoms with Crippen molar-refractivity contribution in [2.75, 3.05) is 13.2 Å². The number of rotatable bonds is 7. The van der Waals surface area contributed by atoms with Crippen LogP contribution in [0.15, 0.2) is 12.7 Å². The van der Waals surface area contributed by atoms with Crippen LogP contribution in [0.4, 0.5) is 0 Å². The summed E-state index contributed by atoms with van der Waals surface area (Å²) in [5, 5.41) is 3.21. The number of carbonyl (C=O) groups is 1.